The van der Waals surface area contributed by atoms with Gasteiger partial charge in [-0.25, -0.2) is 9.18 Å². The van der Waals surface area contributed by atoms with Crippen LogP contribution in [0.3, 0.4) is 0 Å². The second kappa shape index (κ2) is 5.21. The van der Waals surface area contributed by atoms with Crippen molar-refractivity contribution in [1.82, 2.24) is 0 Å². The van der Waals surface area contributed by atoms with Gasteiger partial charge in [0.1, 0.15) is 5.82 Å². The van der Waals surface area contributed by atoms with E-state index in [-0.39, 0.29) is 22.2 Å². The molecule has 0 heterocycles. The van der Waals surface area contributed by atoms with Crippen LogP contribution >= 0.6 is 15.9 Å². The average molecular weight is 289 g/mol. The zero-order chi connectivity index (χ0) is 12.3. The number of ketones is 1. The van der Waals surface area contributed by atoms with Crippen molar-refractivity contribution in [2.45, 2.75) is 13.8 Å². The Morgan fingerprint density at radius 2 is 2.06 bits per heavy atom. The van der Waals surface area contributed by atoms with E-state index in [4.69, 9.17) is 0 Å². The van der Waals surface area contributed by atoms with Crippen LogP contribution in [0.25, 0.3) is 0 Å². The van der Waals surface area contributed by atoms with E-state index < -0.39 is 17.6 Å². The number of ether oxygens (including phenoxy) is 1. The summed E-state index contributed by atoms with van der Waals surface area (Å²) in [7, 11) is 0. The smallest absolute Gasteiger partial charge is 0.379 e. The predicted molar refractivity (Wildman–Crippen MR) is 59.8 cm³/mol. The molecule has 0 aromatic heterocycles. The van der Waals surface area contributed by atoms with Crippen LogP contribution in [0.2, 0.25) is 0 Å². The van der Waals surface area contributed by atoms with E-state index in [1.807, 2.05) is 0 Å². The molecule has 1 aromatic rings. The Morgan fingerprint density at radius 1 is 1.44 bits per heavy atom. The number of rotatable bonds is 3. The van der Waals surface area contributed by atoms with Crippen LogP contribution in [-0.4, -0.2) is 18.4 Å². The van der Waals surface area contributed by atoms with E-state index in [1.165, 1.54) is 19.1 Å². The molecule has 0 unspecified atom stereocenters. The molecule has 0 bridgehead atoms. The van der Waals surface area contributed by atoms with Crippen LogP contribution in [0.5, 0.6) is 0 Å². The van der Waals surface area contributed by atoms with Gasteiger partial charge in [-0.1, -0.05) is 0 Å². The molecule has 3 nitrogen and oxygen atoms in total. The lowest BCUT2D eigenvalue weighted by Crippen LogP contribution is -2.19. The number of carbonyl (C=O) groups excluding carboxylic acids is 2. The van der Waals surface area contributed by atoms with Gasteiger partial charge in [-0.2, -0.15) is 0 Å². The second-order valence-corrected chi connectivity index (χ2v) is 3.94. The van der Waals surface area contributed by atoms with Gasteiger partial charge in [0.2, 0.25) is 0 Å². The summed E-state index contributed by atoms with van der Waals surface area (Å²) in [5.41, 5.74) is 0.159. The highest BCUT2D eigenvalue weighted by atomic mass is 79.9. The summed E-state index contributed by atoms with van der Waals surface area (Å²) in [6.45, 7) is 3.15. The highest BCUT2D eigenvalue weighted by molar-refractivity contribution is 9.10. The van der Waals surface area contributed by atoms with Crippen LogP contribution in [0.15, 0.2) is 16.6 Å². The lowest BCUT2D eigenvalue weighted by molar-refractivity contribution is -0.137. The molecular formula is C11H10BrFO3. The van der Waals surface area contributed by atoms with Crippen LogP contribution in [-0.2, 0) is 9.53 Å². The molecule has 0 saturated heterocycles. The van der Waals surface area contributed by atoms with Gasteiger partial charge >= 0.3 is 5.97 Å². The number of hydrogen-bond acceptors (Lipinski definition) is 3. The van der Waals surface area contributed by atoms with Gasteiger partial charge in [0, 0.05) is 5.56 Å². The molecule has 86 valence electrons. The Bertz CT molecular complexity index is 443. The first kappa shape index (κ1) is 12.8. The summed E-state index contributed by atoms with van der Waals surface area (Å²) in [5.74, 6) is -2.34. The van der Waals surface area contributed by atoms with Crippen molar-refractivity contribution in [3.05, 3.63) is 33.5 Å². The Kier molecular flexibility index (Phi) is 4.18. The summed E-state index contributed by atoms with van der Waals surface area (Å²) in [4.78, 5) is 22.7. The van der Waals surface area contributed by atoms with Crippen LogP contribution in [0.1, 0.15) is 22.8 Å². The van der Waals surface area contributed by atoms with Gasteiger partial charge < -0.3 is 4.74 Å². The van der Waals surface area contributed by atoms with Crippen LogP contribution in [0.4, 0.5) is 4.39 Å². The lowest BCUT2D eigenvalue weighted by Gasteiger charge is -2.06. The SMILES string of the molecule is CCOC(=O)C(=O)c1ccc(Br)c(F)c1C. The quantitative estimate of drug-likeness (QED) is 0.488. The first-order valence-electron chi connectivity index (χ1n) is 4.65. The van der Waals surface area contributed by atoms with Gasteiger partial charge in [0.15, 0.2) is 0 Å². The molecule has 16 heavy (non-hydrogen) atoms. The van der Waals surface area contributed by atoms with Crippen molar-refractivity contribution in [3.8, 4) is 0 Å². The minimum atomic E-state index is -0.965. The molecule has 0 radical (unpaired) electrons. The fourth-order valence-electron chi connectivity index (χ4n) is 1.20. The summed E-state index contributed by atoms with van der Waals surface area (Å²) in [6, 6.07) is 2.77. The maximum absolute atomic E-state index is 13.4. The summed E-state index contributed by atoms with van der Waals surface area (Å²) in [6.07, 6.45) is 0. The number of benzene rings is 1. The molecule has 0 N–H and O–H groups in total. The first-order valence-corrected chi connectivity index (χ1v) is 5.44. The lowest BCUT2D eigenvalue weighted by atomic mass is 10.0. The molecule has 0 aliphatic carbocycles. The Hall–Kier alpha value is -1.23. The molecule has 0 aliphatic heterocycles. The molecule has 0 saturated carbocycles. The van der Waals surface area contributed by atoms with Crippen molar-refractivity contribution < 1.29 is 18.7 Å². The van der Waals surface area contributed by atoms with E-state index in [1.54, 1.807) is 6.92 Å². The fraction of sp³-hybridized carbons (Fsp3) is 0.273. The molecule has 1 aromatic carbocycles. The van der Waals surface area contributed by atoms with Gasteiger partial charge in [0.05, 0.1) is 11.1 Å². The zero-order valence-electron chi connectivity index (χ0n) is 8.84. The Labute approximate surface area is 101 Å². The molecular weight excluding hydrogens is 279 g/mol. The molecule has 0 amide bonds. The number of Topliss-reactive ketones (excluding diaryl/α,β-unsaturated/α-hetero) is 1. The fourth-order valence-corrected chi connectivity index (χ4v) is 1.63. The molecule has 0 fully saturated rings. The van der Waals surface area contributed by atoms with E-state index in [0.29, 0.717) is 0 Å². The average Bonchev–Trinajstić information content (AvgIpc) is 2.26. The summed E-state index contributed by atoms with van der Waals surface area (Å²) in [5, 5.41) is 0. The van der Waals surface area contributed by atoms with Crippen molar-refractivity contribution >= 4 is 27.7 Å². The highest BCUT2D eigenvalue weighted by Crippen LogP contribution is 2.22. The third-order valence-electron chi connectivity index (χ3n) is 2.04. The van der Waals surface area contributed by atoms with E-state index in [9.17, 15) is 14.0 Å². The largest absolute Gasteiger partial charge is 0.460 e. The minimum Gasteiger partial charge on any atom is -0.460 e. The maximum atomic E-state index is 13.4. The van der Waals surface area contributed by atoms with E-state index >= 15 is 0 Å². The van der Waals surface area contributed by atoms with Crippen molar-refractivity contribution in [2.24, 2.45) is 0 Å². The normalized spacial score (nSPS) is 10.0. The molecule has 0 aliphatic rings. The van der Waals surface area contributed by atoms with Crippen LogP contribution in [0, 0.1) is 12.7 Å². The number of halogens is 2. The third kappa shape index (κ3) is 2.47. The van der Waals surface area contributed by atoms with E-state index in [2.05, 4.69) is 20.7 Å². The monoisotopic (exact) mass is 288 g/mol. The first-order chi connectivity index (χ1) is 7.49. The second-order valence-electron chi connectivity index (χ2n) is 3.08. The van der Waals surface area contributed by atoms with E-state index in [0.717, 1.165) is 0 Å². The Morgan fingerprint density at radius 3 is 2.62 bits per heavy atom. The summed E-state index contributed by atoms with van der Waals surface area (Å²) >= 11 is 2.99. The van der Waals surface area contributed by atoms with Gasteiger partial charge in [0.25, 0.3) is 5.78 Å². The van der Waals surface area contributed by atoms with Crippen molar-refractivity contribution in [3.63, 3.8) is 0 Å². The Balaban J connectivity index is 3.10. The topological polar surface area (TPSA) is 43.4 Å². The standard InChI is InChI=1S/C11H10BrFO3/c1-3-16-11(15)10(14)7-4-5-8(12)9(13)6(7)2/h4-5H,3H2,1-2H3. The molecule has 1 rings (SSSR count). The molecule has 0 spiro atoms. The zero-order valence-corrected chi connectivity index (χ0v) is 10.4. The molecule has 0 atom stereocenters. The predicted octanol–water partition coefficient (Wildman–Crippen LogP) is 2.64. The minimum absolute atomic E-state index is 0.0270. The maximum Gasteiger partial charge on any atom is 0.379 e. The summed E-state index contributed by atoms with van der Waals surface area (Å²) < 4.78 is 18.3. The van der Waals surface area contributed by atoms with Crippen molar-refractivity contribution in [2.75, 3.05) is 6.61 Å². The number of esters is 1. The molecule has 5 heteroatoms. The van der Waals surface area contributed by atoms with Gasteiger partial charge in [-0.15, -0.1) is 0 Å². The highest BCUT2D eigenvalue weighted by Gasteiger charge is 2.21. The van der Waals surface area contributed by atoms with Crippen LogP contribution < -0.4 is 0 Å². The third-order valence-corrected chi connectivity index (χ3v) is 2.66. The van der Waals surface area contributed by atoms with Crippen molar-refractivity contribution in [1.29, 1.82) is 0 Å². The van der Waals surface area contributed by atoms with Gasteiger partial charge in [-0.05, 0) is 47.5 Å². The number of carbonyl (C=O) groups is 2. The number of hydrogen-bond donors (Lipinski definition) is 0. The van der Waals surface area contributed by atoms with Gasteiger partial charge in [-0.3, -0.25) is 4.79 Å².